The normalized spacial score (nSPS) is 20.9. The molecular formula is C18H18N6O. The molecule has 7 nitrogen and oxygen atoms in total. The first-order valence-electron chi connectivity index (χ1n) is 8.43. The van der Waals surface area contributed by atoms with Gasteiger partial charge in [-0.3, -0.25) is 4.90 Å². The lowest BCUT2D eigenvalue weighted by Crippen LogP contribution is -2.47. The van der Waals surface area contributed by atoms with Crippen LogP contribution >= 0.6 is 0 Å². The van der Waals surface area contributed by atoms with Crippen LogP contribution in [0.1, 0.15) is 47.6 Å². The number of piperazine rings is 1. The Balaban J connectivity index is 1.65. The molecule has 1 atom stereocenters. The molecule has 1 aliphatic carbocycles. The molecule has 1 aromatic carbocycles. The lowest BCUT2D eigenvalue weighted by molar-refractivity contribution is 0.177. The second-order valence-electron chi connectivity index (χ2n) is 6.63. The Morgan fingerprint density at radius 3 is 2.52 bits per heavy atom. The van der Waals surface area contributed by atoms with Crippen LogP contribution in [0.15, 0.2) is 22.7 Å². The molecule has 4 rings (SSSR count). The zero-order valence-corrected chi connectivity index (χ0v) is 14.0. The van der Waals surface area contributed by atoms with Gasteiger partial charge in [0.2, 0.25) is 5.89 Å². The van der Waals surface area contributed by atoms with Crippen molar-refractivity contribution in [1.82, 2.24) is 15.0 Å². The topological polar surface area (TPSA) is 93.0 Å². The van der Waals surface area contributed by atoms with Gasteiger partial charge in [-0.2, -0.15) is 15.5 Å². The molecule has 0 amide bonds. The third-order valence-corrected chi connectivity index (χ3v) is 4.93. The number of benzene rings is 1. The summed E-state index contributed by atoms with van der Waals surface area (Å²) >= 11 is 0. The molecule has 1 saturated carbocycles. The Labute approximate surface area is 146 Å². The second kappa shape index (κ2) is 6.19. The molecule has 0 bridgehead atoms. The van der Waals surface area contributed by atoms with E-state index in [9.17, 15) is 10.5 Å². The van der Waals surface area contributed by atoms with Crippen molar-refractivity contribution in [2.45, 2.75) is 24.8 Å². The van der Waals surface area contributed by atoms with E-state index in [1.807, 2.05) is 7.05 Å². The minimum atomic E-state index is -0.0490. The Bertz CT molecular complexity index is 840. The van der Waals surface area contributed by atoms with Crippen molar-refractivity contribution < 1.29 is 4.52 Å². The predicted octanol–water partition coefficient (Wildman–Crippen LogP) is 2.18. The number of para-hydroxylation sites is 1. The van der Waals surface area contributed by atoms with Gasteiger partial charge >= 0.3 is 0 Å². The lowest BCUT2D eigenvalue weighted by Gasteiger charge is -2.39. The van der Waals surface area contributed by atoms with E-state index < -0.39 is 0 Å². The first-order valence-corrected chi connectivity index (χ1v) is 8.43. The Hall–Kier alpha value is -2.90. The Morgan fingerprint density at radius 2 is 1.88 bits per heavy atom. The second-order valence-corrected chi connectivity index (χ2v) is 6.63. The first kappa shape index (κ1) is 15.6. The quantitative estimate of drug-likeness (QED) is 0.849. The van der Waals surface area contributed by atoms with Gasteiger partial charge in [0.1, 0.15) is 18.2 Å². The molecule has 1 aromatic heterocycles. The minimum absolute atomic E-state index is 0.0490. The van der Waals surface area contributed by atoms with Crippen LogP contribution in [0.2, 0.25) is 0 Å². The number of likely N-dealkylation sites (N-methyl/N-ethyl adjacent to an activating group) is 1. The SMILES string of the molecule is CN1CCN(c2c(C#N)cccc2C#N)C[C@@H]1c1nc(C2CC2)no1. The van der Waals surface area contributed by atoms with Crippen molar-refractivity contribution in [3.05, 3.63) is 41.0 Å². The van der Waals surface area contributed by atoms with Crippen LogP contribution < -0.4 is 4.90 Å². The van der Waals surface area contributed by atoms with Gasteiger partial charge in [-0.1, -0.05) is 11.2 Å². The molecule has 0 N–H and O–H groups in total. The summed E-state index contributed by atoms with van der Waals surface area (Å²) in [4.78, 5) is 8.85. The molecule has 1 aliphatic heterocycles. The van der Waals surface area contributed by atoms with Gasteiger partial charge in [-0.15, -0.1) is 0 Å². The number of rotatable bonds is 3. The van der Waals surface area contributed by atoms with Crippen LogP contribution in [-0.4, -0.2) is 41.7 Å². The highest BCUT2D eigenvalue weighted by atomic mass is 16.5. The summed E-state index contributed by atoms with van der Waals surface area (Å²) in [5.41, 5.74) is 1.74. The van der Waals surface area contributed by atoms with Crippen LogP contribution in [0.3, 0.4) is 0 Å². The summed E-state index contributed by atoms with van der Waals surface area (Å²) in [7, 11) is 2.03. The summed E-state index contributed by atoms with van der Waals surface area (Å²) in [6.07, 6.45) is 2.26. The van der Waals surface area contributed by atoms with E-state index in [0.29, 0.717) is 35.2 Å². The third kappa shape index (κ3) is 2.84. The molecule has 0 spiro atoms. The van der Waals surface area contributed by atoms with Gasteiger partial charge in [0.05, 0.1) is 16.8 Å². The van der Waals surface area contributed by atoms with Gasteiger partial charge in [-0.05, 0) is 32.0 Å². The molecule has 7 heteroatoms. The standard InChI is InChI=1S/C18H18N6O/c1-23-7-8-24(16-13(9-19)3-2-4-14(16)10-20)11-15(23)18-21-17(22-25-18)12-5-6-12/h2-4,12,15H,5-8,11H2,1H3/t15-/m1/s1. The summed E-state index contributed by atoms with van der Waals surface area (Å²) in [6, 6.07) is 9.60. The maximum Gasteiger partial charge on any atom is 0.245 e. The fourth-order valence-corrected chi connectivity index (χ4v) is 3.30. The van der Waals surface area contributed by atoms with Gasteiger partial charge < -0.3 is 9.42 Å². The van der Waals surface area contributed by atoms with E-state index in [-0.39, 0.29) is 6.04 Å². The van der Waals surface area contributed by atoms with E-state index in [1.165, 1.54) is 0 Å². The molecule has 2 heterocycles. The summed E-state index contributed by atoms with van der Waals surface area (Å²) < 4.78 is 5.51. The van der Waals surface area contributed by atoms with Crippen molar-refractivity contribution in [3.63, 3.8) is 0 Å². The van der Waals surface area contributed by atoms with E-state index in [1.54, 1.807) is 18.2 Å². The number of hydrogen-bond donors (Lipinski definition) is 0. The third-order valence-electron chi connectivity index (χ3n) is 4.93. The molecule has 1 saturated heterocycles. The number of anilines is 1. The predicted molar refractivity (Wildman–Crippen MR) is 89.7 cm³/mol. The molecule has 2 fully saturated rings. The summed E-state index contributed by atoms with van der Waals surface area (Å²) in [6.45, 7) is 2.14. The molecule has 0 radical (unpaired) electrons. The van der Waals surface area contributed by atoms with Gasteiger partial charge in [0.25, 0.3) is 0 Å². The van der Waals surface area contributed by atoms with E-state index >= 15 is 0 Å². The Kier molecular flexibility index (Phi) is 3.87. The molecule has 126 valence electrons. The zero-order valence-electron chi connectivity index (χ0n) is 14.0. The highest BCUT2D eigenvalue weighted by Crippen LogP contribution is 2.39. The largest absolute Gasteiger partial charge is 0.366 e. The lowest BCUT2D eigenvalue weighted by atomic mass is 10.0. The zero-order chi connectivity index (χ0) is 17.4. The van der Waals surface area contributed by atoms with Crippen LogP contribution in [0, 0.1) is 22.7 Å². The van der Waals surface area contributed by atoms with Crippen molar-refractivity contribution in [2.75, 3.05) is 31.6 Å². The van der Waals surface area contributed by atoms with E-state index in [0.717, 1.165) is 31.8 Å². The molecule has 25 heavy (non-hydrogen) atoms. The first-order chi connectivity index (χ1) is 12.2. The molecule has 2 aromatic rings. The van der Waals surface area contributed by atoms with E-state index in [2.05, 4.69) is 32.1 Å². The van der Waals surface area contributed by atoms with Gasteiger partial charge in [-0.25, -0.2) is 0 Å². The van der Waals surface area contributed by atoms with Gasteiger partial charge in [0.15, 0.2) is 5.82 Å². The van der Waals surface area contributed by atoms with Crippen LogP contribution in [-0.2, 0) is 0 Å². The van der Waals surface area contributed by atoms with Crippen molar-refractivity contribution >= 4 is 5.69 Å². The maximum absolute atomic E-state index is 9.44. The van der Waals surface area contributed by atoms with Crippen molar-refractivity contribution in [2.24, 2.45) is 0 Å². The fourth-order valence-electron chi connectivity index (χ4n) is 3.30. The number of nitrogens with zero attached hydrogens (tertiary/aromatic N) is 6. The Morgan fingerprint density at radius 1 is 1.16 bits per heavy atom. The summed E-state index contributed by atoms with van der Waals surface area (Å²) in [5.74, 6) is 1.87. The van der Waals surface area contributed by atoms with Gasteiger partial charge in [0, 0.05) is 25.6 Å². The molecule has 0 unspecified atom stereocenters. The molecule has 2 aliphatic rings. The van der Waals surface area contributed by atoms with Crippen molar-refractivity contribution in [1.29, 1.82) is 10.5 Å². The maximum atomic E-state index is 9.44. The van der Waals surface area contributed by atoms with Crippen LogP contribution in [0.25, 0.3) is 0 Å². The average Bonchev–Trinajstić information content (AvgIpc) is 3.39. The smallest absolute Gasteiger partial charge is 0.245 e. The summed E-state index contributed by atoms with van der Waals surface area (Å²) in [5, 5.41) is 23.0. The molecular weight excluding hydrogens is 316 g/mol. The average molecular weight is 334 g/mol. The fraction of sp³-hybridized carbons (Fsp3) is 0.444. The highest BCUT2D eigenvalue weighted by molar-refractivity contribution is 5.68. The van der Waals surface area contributed by atoms with Crippen molar-refractivity contribution in [3.8, 4) is 12.1 Å². The van der Waals surface area contributed by atoms with Crippen LogP contribution in [0.4, 0.5) is 5.69 Å². The minimum Gasteiger partial charge on any atom is -0.366 e. The number of hydrogen-bond acceptors (Lipinski definition) is 7. The highest BCUT2D eigenvalue weighted by Gasteiger charge is 2.34. The number of aromatic nitrogens is 2. The van der Waals surface area contributed by atoms with E-state index in [4.69, 9.17) is 4.52 Å². The number of nitriles is 2. The monoisotopic (exact) mass is 334 g/mol. The van der Waals surface area contributed by atoms with Crippen LogP contribution in [0.5, 0.6) is 0 Å².